The molecule has 1 saturated heterocycles. The number of hydrogen-bond donors (Lipinski definition) is 1. The Kier molecular flexibility index (Phi) is 3.88. The van der Waals surface area contributed by atoms with Crippen LogP contribution in [0.25, 0.3) is 16.8 Å². The molecule has 150 valence electrons. The molecule has 5 rings (SSSR count). The summed E-state index contributed by atoms with van der Waals surface area (Å²) in [6.07, 6.45) is 6.17. The minimum atomic E-state index is -1.23. The van der Waals surface area contributed by atoms with Crippen LogP contribution >= 0.6 is 0 Å². The van der Waals surface area contributed by atoms with Crippen molar-refractivity contribution in [3.8, 4) is 0 Å². The van der Waals surface area contributed by atoms with E-state index in [2.05, 4.69) is 33.5 Å². The van der Waals surface area contributed by atoms with E-state index in [9.17, 15) is 4.79 Å². The lowest BCUT2D eigenvalue weighted by Crippen LogP contribution is -2.27. The van der Waals surface area contributed by atoms with Gasteiger partial charge in [0.1, 0.15) is 11.8 Å². The smallest absolute Gasteiger partial charge is 0.323 e. The van der Waals surface area contributed by atoms with Crippen LogP contribution in [-0.4, -0.2) is 41.8 Å². The van der Waals surface area contributed by atoms with Gasteiger partial charge in [0.05, 0.1) is 18.1 Å². The number of rotatable bonds is 3. The number of imidazole rings is 1. The Morgan fingerprint density at radius 2 is 2.10 bits per heavy atom. The number of aromatic nitrogens is 7. The maximum Gasteiger partial charge on any atom is 0.330 e. The topological polar surface area (TPSA) is 94.9 Å². The van der Waals surface area contributed by atoms with Gasteiger partial charge in [0.15, 0.2) is 11.3 Å². The Hall–Kier alpha value is -3.01. The normalized spacial score (nSPS) is 18.7. The molecule has 1 N–H and O–H groups in total. The summed E-state index contributed by atoms with van der Waals surface area (Å²) in [6.45, 7) is 6.79. The molecule has 0 bridgehead atoms. The zero-order valence-electron chi connectivity index (χ0n) is 17.0. The van der Waals surface area contributed by atoms with E-state index in [0.29, 0.717) is 11.6 Å². The fraction of sp³-hybridized carbons (Fsp3) is 0.421. The summed E-state index contributed by atoms with van der Waals surface area (Å²) >= 11 is 0. The lowest BCUT2D eigenvalue weighted by Gasteiger charge is -2.16. The van der Waals surface area contributed by atoms with Gasteiger partial charge in [-0.25, -0.2) is 19.3 Å². The molecule has 0 radical (unpaired) electrons. The molecular weight excluding hydrogens is 384 g/mol. The first-order valence-electron chi connectivity index (χ1n) is 9.83. The molecule has 0 unspecified atom stereocenters. The summed E-state index contributed by atoms with van der Waals surface area (Å²) in [6, 6.07) is 4.54. The van der Waals surface area contributed by atoms with Gasteiger partial charge in [0.2, 0.25) is 5.95 Å². The van der Waals surface area contributed by atoms with Gasteiger partial charge in [-0.3, -0.25) is 9.13 Å². The van der Waals surface area contributed by atoms with Crippen LogP contribution in [0.15, 0.2) is 29.6 Å². The van der Waals surface area contributed by atoms with E-state index in [0.717, 1.165) is 34.9 Å². The highest BCUT2D eigenvalue weighted by Crippen LogP contribution is 2.38. The molecule has 0 amide bonds. The molecule has 29 heavy (non-hydrogen) atoms. The lowest BCUT2D eigenvalue weighted by molar-refractivity contribution is 0.537. The van der Waals surface area contributed by atoms with E-state index < -0.39 is 8.07 Å². The van der Waals surface area contributed by atoms with Crippen molar-refractivity contribution in [3.05, 3.63) is 40.8 Å². The van der Waals surface area contributed by atoms with Gasteiger partial charge in [-0.2, -0.15) is 10.1 Å². The maximum absolute atomic E-state index is 13.0. The third kappa shape index (κ3) is 2.94. The van der Waals surface area contributed by atoms with Gasteiger partial charge in [0.25, 0.3) is 0 Å². The highest BCUT2D eigenvalue weighted by molar-refractivity contribution is 6.78. The number of hydrogen-bond acceptors (Lipinski definition) is 6. The predicted molar refractivity (Wildman–Crippen MR) is 115 cm³/mol. The summed E-state index contributed by atoms with van der Waals surface area (Å²) < 4.78 is 5.24. The van der Waals surface area contributed by atoms with Gasteiger partial charge in [0, 0.05) is 21.2 Å². The summed E-state index contributed by atoms with van der Waals surface area (Å²) in [5.74, 6) is 0.467. The number of pyridine rings is 1. The van der Waals surface area contributed by atoms with Crippen LogP contribution < -0.4 is 11.0 Å². The molecule has 0 aliphatic carbocycles. The molecule has 4 aromatic heterocycles. The monoisotopic (exact) mass is 408 g/mol. The van der Waals surface area contributed by atoms with Gasteiger partial charge < -0.3 is 5.32 Å². The Morgan fingerprint density at radius 1 is 1.28 bits per heavy atom. The summed E-state index contributed by atoms with van der Waals surface area (Å²) in [7, 11) is 0.558. The first kappa shape index (κ1) is 18.0. The van der Waals surface area contributed by atoms with E-state index in [1.165, 1.54) is 12.4 Å². The molecule has 1 atom stereocenters. The summed E-state index contributed by atoms with van der Waals surface area (Å²) in [4.78, 5) is 26.4. The third-order valence-corrected chi connectivity index (χ3v) is 9.23. The molecule has 0 saturated carbocycles. The molecular formula is C19H24N8OSi. The second-order valence-electron chi connectivity index (χ2n) is 8.73. The highest BCUT2D eigenvalue weighted by Gasteiger charge is 2.35. The fourth-order valence-electron chi connectivity index (χ4n) is 4.35. The second kappa shape index (κ2) is 6.24. The number of anilines is 2. The van der Waals surface area contributed by atoms with Gasteiger partial charge in [-0.1, -0.05) is 19.1 Å². The first-order chi connectivity index (χ1) is 13.8. The number of aryl methyl sites for hydroxylation is 2. The van der Waals surface area contributed by atoms with Crippen molar-refractivity contribution in [1.82, 2.24) is 33.7 Å². The average molecular weight is 409 g/mol. The molecule has 1 aliphatic heterocycles. The number of nitrogens with zero attached hydrogens (tertiary/aromatic N) is 7. The largest absolute Gasteiger partial charge is 0.330 e. The van der Waals surface area contributed by atoms with Crippen molar-refractivity contribution >= 4 is 36.5 Å². The number of fused-ring (bicyclic) bond motifs is 2. The Balaban J connectivity index is 1.58. The maximum atomic E-state index is 13.0. The highest BCUT2D eigenvalue weighted by atomic mass is 28.3. The average Bonchev–Trinajstić information content (AvgIpc) is 3.33. The fourth-order valence-corrected chi connectivity index (χ4v) is 7.33. The molecule has 5 heterocycles. The van der Waals surface area contributed by atoms with Crippen LogP contribution in [-0.2, 0) is 7.05 Å². The van der Waals surface area contributed by atoms with E-state index in [1.807, 2.05) is 23.8 Å². The van der Waals surface area contributed by atoms with Crippen molar-refractivity contribution in [2.75, 3.05) is 5.32 Å². The Labute approximate surface area is 168 Å². The second-order valence-corrected chi connectivity index (χ2v) is 14.0. The summed E-state index contributed by atoms with van der Waals surface area (Å²) in [5.41, 5.74) is 4.10. The Bertz CT molecular complexity index is 1300. The van der Waals surface area contributed by atoms with Crippen LogP contribution in [0.1, 0.15) is 18.0 Å². The van der Waals surface area contributed by atoms with E-state index in [1.54, 1.807) is 22.3 Å². The van der Waals surface area contributed by atoms with Crippen molar-refractivity contribution in [3.63, 3.8) is 0 Å². The van der Waals surface area contributed by atoms with Crippen molar-refractivity contribution in [1.29, 1.82) is 0 Å². The predicted octanol–water partition coefficient (Wildman–Crippen LogP) is 2.88. The first-order valence-corrected chi connectivity index (χ1v) is 13.2. The van der Waals surface area contributed by atoms with Crippen LogP contribution in [0.2, 0.25) is 25.2 Å². The molecule has 0 spiro atoms. The molecule has 1 aliphatic rings. The lowest BCUT2D eigenvalue weighted by atomic mass is 10.2. The Morgan fingerprint density at radius 3 is 2.86 bits per heavy atom. The third-order valence-electron chi connectivity index (χ3n) is 6.01. The van der Waals surface area contributed by atoms with Crippen LogP contribution in [0, 0.1) is 6.92 Å². The summed E-state index contributed by atoms with van der Waals surface area (Å²) in [5, 5.41) is 7.47. The molecule has 1 fully saturated rings. The number of nitrogens with one attached hydrogen (secondary N) is 1. The molecule has 10 heteroatoms. The van der Waals surface area contributed by atoms with Crippen LogP contribution in [0.5, 0.6) is 0 Å². The van der Waals surface area contributed by atoms with Crippen molar-refractivity contribution in [2.24, 2.45) is 7.05 Å². The van der Waals surface area contributed by atoms with Crippen LogP contribution in [0.3, 0.4) is 0 Å². The van der Waals surface area contributed by atoms with Gasteiger partial charge in [-0.05, 0) is 31.0 Å². The van der Waals surface area contributed by atoms with E-state index in [4.69, 9.17) is 4.98 Å². The SMILES string of the molecule is Cc1cc2ncnn2cc1Nc1ncc2c(n1)n([C@@H]1CC[Si](C)(C)C1)c(=O)n2C. The molecule has 9 nitrogen and oxygen atoms in total. The van der Waals surface area contributed by atoms with E-state index in [-0.39, 0.29) is 11.7 Å². The van der Waals surface area contributed by atoms with Crippen molar-refractivity contribution < 1.29 is 0 Å². The zero-order valence-corrected chi connectivity index (χ0v) is 18.0. The standard InChI is InChI=1S/C19H24N8OSi/c1-12-7-16-21-11-22-26(16)9-14(12)23-18-20-8-15-17(24-18)27(19(28)25(15)2)13-5-6-29(3,4)10-13/h7-9,11,13H,5-6,10H2,1-4H3,(H,20,23,24)/t13-/m1/s1. The molecule has 4 aromatic rings. The zero-order chi connectivity index (χ0) is 20.3. The molecule has 0 aromatic carbocycles. The van der Waals surface area contributed by atoms with E-state index >= 15 is 0 Å². The van der Waals surface area contributed by atoms with Crippen LogP contribution in [0.4, 0.5) is 11.6 Å². The van der Waals surface area contributed by atoms with Gasteiger partial charge >= 0.3 is 5.69 Å². The van der Waals surface area contributed by atoms with Crippen molar-refractivity contribution in [2.45, 2.75) is 44.6 Å². The minimum absolute atomic E-state index is 0.0108. The minimum Gasteiger partial charge on any atom is -0.323 e. The quantitative estimate of drug-likeness (QED) is 0.524. The van der Waals surface area contributed by atoms with Gasteiger partial charge in [-0.15, -0.1) is 0 Å².